The van der Waals surface area contributed by atoms with Crippen molar-refractivity contribution in [3.63, 3.8) is 0 Å². The largest absolute Gasteiger partial charge is 0.346 e. The maximum absolute atomic E-state index is 12.6. The number of nitrogens with two attached hydrogens (primary N) is 1. The van der Waals surface area contributed by atoms with E-state index in [-0.39, 0.29) is 30.3 Å². The lowest BCUT2D eigenvalue weighted by atomic mass is 9.96. The van der Waals surface area contributed by atoms with E-state index in [1.165, 1.54) is 4.90 Å². The van der Waals surface area contributed by atoms with E-state index in [1.54, 1.807) is 15.9 Å². The van der Waals surface area contributed by atoms with Gasteiger partial charge in [0.2, 0.25) is 5.91 Å². The number of urea groups is 1. The molecule has 3 aliphatic rings. The Labute approximate surface area is 129 Å². The van der Waals surface area contributed by atoms with Crippen LogP contribution in [0.1, 0.15) is 12.8 Å². The molecule has 22 heavy (non-hydrogen) atoms. The molecule has 0 aliphatic carbocycles. The summed E-state index contributed by atoms with van der Waals surface area (Å²) in [5, 5.41) is 2.23. The van der Waals surface area contributed by atoms with Gasteiger partial charge in [0, 0.05) is 38.4 Å². The number of piperidine rings is 1. The molecule has 0 bridgehead atoms. The van der Waals surface area contributed by atoms with Crippen LogP contribution in [0.25, 0.3) is 0 Å². The Morgan fingerprint density at radius 2 is 2.00 bits per heavy atom. The van der Waals surface area contributed by atoms with Gasteiger partial charge in [0.1, 0.15) is 6.04 Å². The van der Waals surface area contributed by atoms with Crippen LogP contribution >= 0.6 is 0 Å². The van der Waals surface area contributed by atoms with Crippen molar-refractivity contribution >= 4 is 17.8 Å². The van der Waals surface area contributed by atoms with Gasteiger partial charge in [-0.1, -0.05) is 6.08 Å². The lowest BCUT2D eigenvalue weighted by molar-refractivity contribution is -0.664. The first-order chi connectivity index (χ1) is 10.6. The van der Waals surface area contributed by atoms with Crippen LogP contribution in [0.15, 0.2) is 12.7 Å². The third kappa shape index (κ3) is 2.49. The molecule has 7 heteroatoms. The van der Waals surface area contributed by atoms with E-state index in [1.807, 2.05) is 0 Å². The van der Waals surface area contributed by atoms with E-state index in [2.05, 4.69) is 11.9 Å². The van der Waals surface area contributed by atoms with Crippen LogP contribution in [0.3, 0.4) is 0 Å². The minimum atomic E-state index is -0.514. The highest BCUT2D eigenvalue weighted by molar-refractivity contribution is 6.05. The normalized spacial score (nSPS) is 26.4. The molecule has 0 aromatic rings. The van der Waals surface area contributed by atoms with E-state index in [0.29, 0.717) is 19.6 Å². The van der Waals surface area contributed by atoms with Gasteiger partial charge in [-0.2, -0.15) is 0 Å². The lowest BCUT2D eigenvalue weighted by Crippen LogP contribution is -2.86. The summed E-state index contributed by atoms with van der Waals surface area (Å²) >= 11 is 0. The minimum absolute atomic E-state index is 0.0769. The number of hydrogen-bond donors (Lipinski definition) is 1. The summed E-state index contributed by atoms with van der Waals surface area (Å²) in [5.41, 5.74) is 0. The highest BCUT2D eigenvalue weighted by Crippen LogP contribution is 2.24. The molecule has 0 saturated carbocycles. The third-order valence-corrected chi connectivity index (χ3v) is 4.82. The average molecular weight is 307 g/mol. The molecule has 3 heterocycles. The number of carbonyl (C=O) groups excluding carboxylic acids is 3. The van der Waals surface area contributed by atoms with Crippen LogP contribution in [0.5, 0.6) is 0 Å². The molecule has 0 spiro atoms. The molecule has 3 saturated heterocycles. The summed E-state index contributed by atoms with van der Waals surface area (Å²) in [7, 11) is 0. The predicted octanol–water partition coefficient (Wildman–Crippen LogP) is -1.38. The maximum Gasteiger partial charge on any atom is 0.327 e. The van der Waals surface area contributed by atoms with Gasteiger partial charge in [0.15, 0.2) is 0 Å². The van der Waals surface area contributed by atoms with Crippen molar-refractivity contribution in [2.24, 2.45) is 5.92 Å². The number of nitrogens with zero attached hydrogens (tertiary/aromatic N) is 3. The molecule has 0 aromatic carbocycles. The zero-order valence-electron chi connectivity index (χ0n) is 12.7. The summed E-state index contributed by atoms with van der Waals surface area (Å²) in [5.74, 6) is 0.0163. The summed E-state index contributed by atoms with van der Waals surface area (Å²) in [6, 6.07) is -0.769. The number of fused-ring (bicyclic) bond motifs is 1. The molecule has 2 N–H and O–H groups in total. The first-order valence-electron chi connectivity index (χ1n) is 7.96. The minimum Gasteiger partial charge on any atom is -0.346 e. The summed E-state index contributed by atoms with van der Waals surface area (Å²) in [6.45, 7) is 7.09. The van der Waals surface area contributed by atoms with Crippen molar-refractivity contribution in [2.75, 3.05) is 39.3 Å². The number of imide groups is 1. The lowest BCUT2D eigenvalue weighted by Gasteiger charge is -2.37. The predicted molar refractivity (Wildman–Crippen MR) is 78.8 cm³/mol. The van der Waals surface area contributed by atoms with E-state index < -0.39 is 6.04 Å². The van der Waals surface area contributed by atoms with Gasteiger partial charge < -0.3 is 15.1 Å². The first-order valence-corrected chi connectivity index (χ1v) is 7.96. The monoisotopic (exact) mass is 307 g/mol. The number of carbonyl (C=O) groups is 3. The molecule has 120 valence electrons. The second-order valence-corrected chi connectivity index (χ2v) is 6.15. The molecule has 0 aromatic heterocycles. The molecule has 0 unspecified atom stereocenters. The van der Waals surface area contributed by atoms with Crippen molar-refractivity contribution in [3.8, 4) is 0 Å². The zero-order valence-corrected chi connectivity index (χ0v) is 12.7. The molecule has 1 atom stereocenters. The molecule has 7 nitrogen and oxygen atoms in total. The standard InChI is InChI=1S/C15H22N4O3/c1-2-7-19-14(21)12-10-17(8-9-18(12)15(19)22)13(20)11-3-5-16-6-4-11/h2,11-12,16H,1,3-10H2/p+1/t12-/m0/s1. The fourth-order valence-electron chi connectivity index (χ4n) is 3.58. The average Bonchev–Trinajstić information content (AvgIpc) is 2.80. The van der Waals surface area contributed by atoms with Gasteiger partial charge in [-0.3, -0.25) is 14.5 Å². The SMILES string of the molecule is C=CCN1C(=O)[C@@H]2CN(C(=O)C3CC[NH2+]CC3)CCN2C1=O. The van der Waals surface area contributed by atoms with Gasteiger partial charge in [0.25, 0.3) is 5.91 Å². The number of hydrogen-bond acceptors (Lipinski definition) is 3. The Morgan fingerprint density at radius 1 is 1.27 bits per heavy atom. The van der Waals surface area contributed by atoms with Crippen molar-refractivity contribution in [2.45, 2.75) is 18.9 Å². The zero-order chi connectivity index (χ0) is 15.7. The van der Waals surface area contributed by atoms with Crippen molar-refractivity contribution in [3.05, 3.63) is 12.7 Å². The van der Waals surface area contributed by atoms with E-state index in [0.717, 1.165) is 25.9 Å². The fraction of sp³-hybridized carbons (Fsp3) is 0.667. The van der Waals surface area contributed by atoms with E-state index >= 15 is 0 Å². The van der Waals surface area contributed by atoms with Crippen molar-refractivity contribution < 1.29 is 19.7 Å². The smallest absolute Gasteiger partial charge is 0.327 e. The van der Waals surface area contributed by atoms with Crippen molar-refractivity contribution in [1.29, 1.82) is 0 Å². The Bertz CT molecular complexity index is 501. The summed E-state index contributed by atoms with van der Waals surface area (Å²) < 4.78 is 0. The van der Waals surface area contributed by atoms with Crippen LogP contribution in [-0.2, 0) is 9.59 Å². The van der Waals surface area contributed by atoms with Crippen LogP contribution < -0.4 is 5.32 Å². The van der Waals surface area contributed by atoms with Gasteiger partial charge in [-0.15, -0.1) is 6.58 Å². The topological polar surface area (TPSA) is 77.5 Å². The highest BCUT2D eigenvalue weighted by Gasteiger charge is 2.48. The molecular weight excluding hydrogens is 284 g/mol. The second kappa shape index (κ2) is 6.08. The van der Waals surface area contributed by atoms with E-state index in [9.17, 15) is 14.4 Å². The Hall–Kier alpha value is -1.89. The maximum atomic E-state index is 12.6. The number of amides is 4. The number of piperazine rings is 1. The Morgan fingerprint density at radius 3 is 2.68 bits per heavy atom. The molecule has 3 rings (SSSR count). The molecule has 3 aliphatic heterocycles. The Kier molecular flexibility index (Phi) is 4.15. The van der Waals surface area contributed by atoms with Crippen molar-refractivity contribution in [1.82, 2.24) is 14.7 Å². The van der Waals surface area contributed by atoms with Gasteiger partial charge in [-0.05, 0) is 0 Å². The van der Waals surface area contributed by atoms with Gasteiger partial charge in [-0.25, -0.2) is 4.79 Å². The second-order valence-electron chi connectivity index (χ2n) is 6.15. The number of rotatable bonds is 3. The molecule has 3 fully saturated rings. The van der Waals surface area contributed by atoms with Crippen LogP contribution in [-0.4, -0.2) is 77.9 Å². The van der Waals surface area contributed by atoms with Gasteiger partial charge in [0.05, 0.1) is 19.6 Å². The van der Waals surface area contributed by atoms with Crippen LogP contribution in [0.4, 0.5) is 4.79 Å². The van der Waals surface area contributed by atoms with Gasteiger partial charge >= 0.3 is 6.03 Å². The molecule has 0 radical (unpaired) electrons. The first kappa shape index (κ1) is 15.0. The highest BCUT2D eigenvalue weighted by atomic mass is 16.2. The molecular formula is C15H23N4O3+. The number of quaternary nitrogens is 1. The fourth-order valence-corrected chi connectivity index (χ4v) is 3.58. The molecule has 4 amide bonds. The Balaban J connectivity index is 1.68. The van der Waals surface area contributed by atoms with Crippen LogP contribution in [0, 0.1) is 5.92 Å². The van der Waals surface area contributed by atoms with Crippen LogP contribution in [0.2, 0.25) is 0 Å². The van der Waals surface area contributed by atoms with E-state index in [4.69, 9.17) is 0 Å². The summed E-state index contributed by atoms with van der Waals surface area (Å²) in [4.78, 5) is 41.7. The third-order valence-electron chi connectivity index (χ3n) is 4.82. The summed E-state index contributed by atoms with van der Waals surface area (Å²) in [6.07, 6.45) is 3.36. The quantitative estimate of drug-likeness (QED) is 0.516.